The first-order chi connectivity index (χ1) is 8.33. The first-order valence-electron chi connectivity index (χ1n) is 6.52. The third-order valence-corrected chi connectivity index (χ3v) is 4.15. The second kappa shape index (κ2) is 6.58. The van der Waals surface area contributed by atoms with E-state index in [9.17, 15) is 4.39 Å². The maximum atomic E-state index is 13.9. The van der Waals surface area contributed by atoms with Crippen LogP contribution < -0.4 is 5.32 Å². The summed E-state index contributed by atoms with van der Waals surface area (Å²) < 4.78 is 13.9. The standard InChI is InChI=1S/C15H24FNS/c1-6-11(2)18-14-9-7-8-13(16)12(14)10-17-15(3,4)5/h7-9,11,17H,6,10H2,1-5H3. The van der Waals surface area contributed by atoms with Gasteiger partial charge in [-0.2, -0.15) is 0 Å². The normalized spacial score (nSPS) is 13.7. The summed E-state index contributed by atoms with van der Waals surface area (Å²) in [4.78, 5) is 1.06. The molecule has 0 aliphatic heterocycles. The lowest BCUT2D eigenvalue weighted by molar-refractivity contribution is 0.416. The van der Waals surface area contributed by atoms with Crippen LogP contribution in [-0.2, 0) is 6.54 Å². The molecule has 0 spiro atoms. The Bertz CT molecular complexity index is 385. The highest BCUT2D eigenvalue weighted by Crippen LogP contribution is 2.30. The van der Waals surface area contributed by atoms with Crippen LogP contribution in [0.15, 0.2) is 23.1 Å². The topological polar surface area (TPSA) is 12.0 Å². The van der Waals surface area contributed by atoms with Crippen molar-refractivity contribution in [1.82, 2.24) is 5.32 Å². The predicted molar refractivity (Wildman–Crippen MR) is 78.6 cm³/mol. The number of thioether (sulfide) groups is 1. The number of benzene rings is 1. The van der Waals surface area contributed by atoms with E-state index in [1.807, 2.05) is 6.07 Å². The van der Waals surface area contributed by atoms with Gasteiger partial charge in [-0.1, -0.05) is 19.9 Å². The number of rotatable bonds is 5. The summed E-state index contributed by atoms with van der Waals surface area (Å²) in [6, 6.07) is 5.35. The zero-order valence-corrected chi connectivity index (χ0v) is 12.8. The van der Waals surface area contributed by atoms with Crippen molar-refractivity contribution in [1.29, 1.82) is 0 Å². The Kier molecular flexibility index (Phi) is 5.67. The molecule has 0 saturated carbocycles. The number of nitrogens with one attached hydrogen (secondary N) is 1. The third kappa shape index (κ3) is 4.99. The highest BCUT2D eigenvalue weighted by molar-refractivity contribution is 8.00. The van der Waals surface area contributed by atoms with Crippen molar-refractivity contribution < 1.29 is 4.39 Å². The van der Waals surface area contributed by atoms with Gasteiger partial charge in [-0.15, -0.1) is 11.8 Å². The summed E-state index contributed by atoms with van der Waals surface area (Å²) in [5.74, 6) is -0.111. The van der Waals surface area contributed by atoms with E-state index in [1.165, 1.54) is 0 Å². The molecule has 0 aliphatic rings. The summed E-state index contributed by atoms with van der Waals surface area (Å²) in [6.07, 6.45) is 1.09. The van der Waals surface area contributed by atoms with Gasteiger partial charge in [0.05, 0.1) is 0 Å². The number of hydrogen-bond donors (Lipinski definition) is 1. The minimum Gasteiger partial charge on any atom is -0.308 e. The fourth-order valence-corrected chi connectivity index (χ4v) is 2.54. The van der Waals surface area contributed by atoms with Crippen molar-refractivity contribution in [3.05, 3.63) is 29.6 Å². The summed E-state index contributed by atoms with van der Waals surface area (Å²) in [5, 5.41) is 3.87. The average Bonchev–Trinajstić information content (AvgIpc) is 2.26. The fraction of sp³-hybridized carbons (Fsp3) is 0.600. The molecule has 1 aromatic carbocycles. The Hall–Kier alpha value is -0.540. The van der Waals surface area contributed by atoms with E-state index in [4.69, 9.17) is 0 Å². The van der Waals surface area contributed by atoms with Gasteiger partial charge in [0.1, 0.15) is 5.82 Å². The molecule has 0 fully saturated rings. The largest absolute Gasteiger partial charge is 0.308 e. The van der Waals surface area contributed by atoms with Gasteiger partial charge in [-0.05, 0) is 39.3 Å². The molecule has 0 aromatic heterocycles. The van der Waals surface area contributed by atoms with Gasteiger partial charge in [0, 0.05) is 27.8 Å². The highest BCUT2D eigenvalue weighted by Gasteiger charge is 2.14. The SMILES string of the molecule is CCC(C)Sc1cccc(F)c1CNC(C)(C)C. The predicted octanol–water partition coefficient (Wildman–Crippen LogP) is 4.60. The van der Waals surface area contributed by atoms with E-state index in [0.717, 1.165) is 16.9 Å². The molecule has 1 rings (SSSR count). The van der Waals surface area contributed by atoms with Gasteiger partial charge in [0.25, 0.3) is 0 Å². The molecular weight excluding hydrogens is 245 g/mol. The molecule has 18 heavy (non-hydrogen) atoms. The van der Waals surface area contributed by atoms with Crippen molar-refractivity contribution in [2.75, 3.05) is 0 Å². The molecule has 1 aromatic rings. The van der Waals surface area contributed by atoms with Crippen LogP contribution in [0.25, 0.3) is 0 Å². The van der Waals surface area contributed by atoms with E-state index in [2.05, 4.69) is 39.9 Å². The summed E-state index contributed by atoms with van der Waals surface area (Å²) in [6.45, 7) is 11.2. The van der Waals surface area contributed by atoms with E-state index in [-0.39, 0.29) is 11.4 Å². The van der Waals surface area contributed by atoms with Crippen LogP contribution in [0.5, 0.6) is 0 Å². The van der Waals surface area contributed by atoms with Crippen LogP contribution in [0.4, 0.5) is 4.39 Å². The van der Waals surface area contributed by atoms with Gasteiger partial charge in [0.15, 0.2) is 0 Å². The van der Waals surface area contributed by atoms with Crippen molar-refractivity contribution >= 4 is 11.8 Å². The maximum absolute atomic E-state index is 13.9. The molecule has 1 nitrogen and oxygen atoms in total. The monoisotopic (exact) mass is 269 g/mol. The first kappa shape index (κ1) is 15.5. The Balaban J connectivity index is 2.87. The Morgan fingerprint density at radius 3 is 2.56 bits per heavy atom. The van der Waals surface area contributed by atoms with Crippen LogP contribution in [0, 0.1) is 5.82 Å². The molecule has 1 N–H and O–H groups in total. The van der Waals surface area contributed by atoms with Gasteiger partial charge in [-0.3, -0.25) is 0 Å². The Labute approximate surface area is 115 Å². The van der Waals surface area contributed by atoms with Crippen LogP contribution in [-0.4, -0.2) is 10.8 Å². The smallest absolute Gasteiger partial charge is 0.128 e. The van der Waals surface area contributed by atoms with E-state index in [0.29, 0.717) is 11.8 Å². The molecule has 1 atom stereocenters. The van der Waals surface area contributed by atoms with Crippen LogP contribution >= 0.6 is 11.8 Å². The molecule has 0 heterocycles. The van der Waals surface area contributed by atoms with Crippen LogP contribution in [0.2, 0.25) is 0 Å². The maximum Gasteiger partial charge on any atom is 0.128 e. The number of halogens is 1. The minimum atomic E-state index is -0.111. The molecule has 0 bridgehead atoms. The molecule has 1 unspecified atom stereocenters. The lowest BCUT2D eigenvalue weighted by Crippen LogP contribution is -2.35. The highest BCUT2D eigenvalue weighted by atomic mass is 32.2. The Morgan fingerprint density at radius 1 is 1.33 bits per heavy atom. The van der Waals surface area contributed by atoms with E-state index >= 15 is 0 Å². The average molecular weight is 269 g/mol. The molecule has 102 valence electrons. The summed E-state index contributed by atoms with van der Waals surface area (Å²) in [5.41, 5.74) is 0.790. The fourth-order valence-electron chi connectivity index (χ4n) is 1.47. The van der Waals surface area contributed by atoms with Gasteiger partial charge in [0.2, 0.25) is 0 Å². The molecule has 0 radical (unpaired) electrons. The molecule has 3 heteroatoms. The zero-order chi connectivity index (χ0) is 13.8. The van der Waals surface area contributed by atoms with Gasteiger partial charge < -0.3 is 5.32 Å². The Morgan fingerprint density at radius 2 is 2.00 bits per heavy atom. The molecule has 0 amide bonds. The van der Waals surface area contributed by atoms with Crippen molar-refractivity contribution in [3.8, 4) is 0 Å². The van der Waals surface area contributed by atoms with Crippen LogP contribution in [0.1, 0.15) is 46.6 Å². The van der Waals surface area contributed by atoms with Crippen LogP contribution in [0.3, 0.4) is 0 Å². The third-order valence-electron chi connectivity index (χ3n) is 2.77. The van der Waals surface area contributed by atoms with Crippen molar-refractivity contribution in [3.63, 3.8) is 0 Å². The first-order valence-corrected chi connectivity index (χ1v) is 7.40. The summed E-state index contributed by atoms with van der Waals surface area (Å²) >= 11 is 1.75. The van der Waals surface area contributed by atoms with Crippen molar-refractivity contribution in [2.45, 2.75) is 63.3 Å². The number of hydrogen-bond acceptors (Lipinski definition) is 2. The minimum absolute atomic E-state index is 0.000586. The second-order valence-corrected chi connectivity index (χ2v) is 7.14. The van der Waals surface area contributed by atoms with Gasteiger partial charge in [-0.25, -0.2) is 4.39 Å². The second-order valence-electron chi connectivity index (χ2n) is 5.66. The van der Waals surface area contributed by atoms with E-state index in [1.54, 1.807) is 23.9 Å². The summed E-state index contributed by atoms with van der Waals surface area (Å²) in [7, 11) is 0. The molecule has 0 saturated heterocycles. The zero-order valence-electron chi connectivity index (χ0n) is 12.0. The van der Waals surface area contributed by atoms with E-state index < -0.39 is 0 Å². The van der Waals surface area contributed by atoms with Gasteiger partial charge >= 0.3 is 0 Å². The lowest BCUT2D eigenvalue weighted by atomic mass is 10.1. The molecule has 0 aliphatic carbocycles. The van der Waals surface area contributed by atoms with Crippen molar-refractivity contribution in [2.24, 2.45) is 0 Å². The quantitative estimate of drug-likeness (QED) is 0.784. The molecular formula is C15H24FNS. The lowest BCUT2D eigenvalue weighted by Gasteiger charge is -2.22.